The van der Waals surface area contributed by atoms with Gasteiger partial charge in [-0.15, -0.1) is 23.2 Å². The molecule has 0 aromatic rings. The van der Waals surface area contributed by atoms with Crippen LogP contribution in [0, 0.1) is 0 Å². The van der Waals surface area contributed by atoms with Gasteiger partial charge < -0.3 is 9.84 Å². The first kappa shape index (κ1) is 17.5. The van der Waals surface area contributed by atoms with Gasteiger partial charge in [0.1, 0.15) is 0 Å². The Morgan fingerprint density at radius 3 is 1.81 bits per heavy atom. The molecule has 0 radical (unpaired) electrons. The van der Waals surface area contributed by atoms with Crippen LogP contribution in [0.4, 0.5) is 0 Å². The van der Waals surface area contributed by atoms with Crippen molar-refractivity contribution in [2.45, 2.75) is 12.8 Å². The number of carboxylic acids is 1. The van der Waals surface area contributed by atoms with Crippen LogP contribution < -0.4 is 0 Å². The highest BCUT2D eigenvalue weighted by molar-refractivity contribution is 6.18. The van der Waals surface area contributed by atoms with Gasteiger partial charge in [-0.2, -0.15) is 0 Å². The molecule has 0 aliphatic carbocycles. The molecule has 0 saturated carbocycles. The van der Waals surface area contributed by atoms with E-state index in [4.69, 9.17) is 33.0 Å². The van der Waals surface area contributed by atoms with Gasteiger partial charge >= 0.3 is 5.97 Å². The van der Waals surface area contributed by atoms with E-state index < -0.39 is 5.97 Å². The van der Waals surface area contributed by atoms with Crippen molar-refractivity contribution >= 4 is 29.2 Å². The Kier molecular flexibility index (Phi) is 18.0. The van der Waals surface area contributed by atoms with Crippen LogP contribution in [0.2, 0.25) is 0 Å². The van der Waals surface area contributed by atoms with Crippen LogP contribution in [0.15, 0.2) is 37.3 Å². The number of carboxylic acid groups (broad SMARTS) is 1. The largest absolute Gasteiger partial charge is 0.478 e. The number of rotatable bonds is 7. The zero-order valence-corrected chi connectivity index (χ0v) is 10.5. The van der Waals surface area contributed by atoms with E-state index in [0.29, 0.717) is 11.8 Å². The van der Waals surface area contributed by atoms with Gasteiger partial charge in [0.05, 0.1) is 12.5 Å². The smallest absolute Gasteiger partial charge is 0.327 e. The van der Waals surface area contributed by atoms with E-state index in [2.05, 4.69) is 6.58 Å². The van der Waals surface area contributed by atoms with Crippen LogP contribution in [0.25, 0.3) is 0 Å². The summed E-state index contributed by atoms with van der Waals surface area (Å²) in [4.78, 5) is 9.25. The van der Waals surface area contributed by atoms with Crippen LogP contribution >= 0.6 is 23.2 Å². The molecule has 0 aliphatic heterocycles. The van der Waals surface area contributed by atoms with Crippen LogP contribution in [0.5, 0.6) is 0 Å². The van der Waals surface area contributed by atoms with E-state index in [1.54, 1.807) is 12.5 Å². The van der Waals surface area contributed by atoms with Gasteiger partial charge in [-0.05, 0) is 25.0 Å². The van der Waals surface area contributed by atoms with Crippen molar-refractivity contribution in [3.63, 3.8) is 0 Å². The summed E-state index contributed by atoms with van der Waals surface area (Å²) < 4.78 is 4.96. The Hall–Kier alpha value is -0.930. The van der Waals surface area contributed by atoms with Crippen molar-refractivity contribution in [3.05, 3.63) is 37.3 Å². The zero-order chi connectivity index (χ0) is 12.6. The van der Waals surface area contributed by atoms with E-state index >= 15 is 0 Å². The quantitative estimate of drug-likeness (QED) is 0.436. The van der Waals surface area contributed by atoms with Gasteiger partial charge in [0.15, 0.2) is 0 Å². The van der Waals surface area contributed by atoms with Crippen molar-refractivity contribution in [3.8, 4) is 0 Å². The highest BCUT2D eigenvalue weighted by Gasteiger charge is 1.75. The van der Waals surface area contributed by atoms with E-state index in [1.807, 2.05) is 12.2 Å². The Morgan fingerprint density at radius 2 is 1.56 bits per heavy atom. The molecule has 0 unspecified atom stereocenters. The van der Waals surface area contributed by atoms with Gasteiger partial charge in [0, 0.05) is 17.8 Å². The van der Waals surface area contributed by atoms with Gasteiger partial charge in [-0.1, -0.05) is 6.58 Å². The van der Waals surface area contributed by atoms with Crippen LogP contribution in [-0.2, 0) is 9.53 Å². The topological polar surface area (TPSA) is 46.5 Å². The second-order valence-corrected chi connectivity index (χ2v) is 3.13. The predicted molar refractivity (Wildman–Crippen MR) is 67.9 cm³/mol. The Morgan fingerprint density at radius 1 is 1.19 bits per heavy atom. The van der Waals surface area contributed by atoms with E-state index in [0.717, 1.165) is 18.9 Å². The molecular weight excluding hydrogens is 251 g/mol. The fourth-order valence-electron chi connectivity index (χ4n) is 0.419. The average molecular weight is 267 g/mol. The number of ether oxygens (including phenoxy) is 1. The maximum Gasteiger partial charge on any atom is 0.327 e. The van der Waals surface area contributed by atoms with Crippen molar-refractivity contribution in [2.75, 3.05) is 11.8 Å². The van der Waals surface area contributed by atoms with Crippen LogP contribution in [0.3, 0.4) is 0 Å². The number of hydrogen-bond acceptors (Lipinski definition) is 2. The number of alkyl halides is 2. The summed E-state index contributed by atoms with van der Waals surface area (Å²) in [5.41, 5.74) is 0. The lowest BCUT2D eigenvalue weighted by Crippen LogP contribution is -1.82. The lowest BCUT2D eigenvalue weighted by atomic mass is 10.5. The first-order valence-corrected chi connectivity index (χ1v) is 5.68. The SMILES string of the molecule is C=CC(=O)O.ClCCC=COC=CCCCl. The van der Waals surface area contributed by atoms with Gasteiger partial charge in [-0.25, -0.2) is 4.79 Å². The summed E-state index contributed by atoms with van der Waals surface area (Å²) in [5, 5.41) is 7.60. The third-order valence-electron chi connectivity index (χ3n) is 1.08. The molecule has 0 spiro atoms. The molecule has 0 aliphatic rings. The van der Waals surface area contributed by atoms with Crippen molar-refractivity contribution in [1.29, 1.82) is 0 Å². The number of hydrogen-bond donors (Lipinski definition) is 1. The molecule has 0 aromatic heterocycles. The monoisotopic (exact) mass is 266 g/mol. The van der Waals surface area contributed by atoms with Crippen molar-refractivity contribution < 1.29 is 14.6 Å². The van der Waals surface area contributed by atoms with Crippen LogP contribution in [-0.4, -0.2) is 22.8 Å². The highest BCUT2D eigenvalue weighted by atomic mass is 35.5. The molecule has 0 rings (SSSR count). The first-order valence-electron chi connectivity index (χ1n) is 4.61. The summed E-state index contributed by atoms with van der Waals surface area (Å²) in [6, 6.07) is 0. The van der Waals surface area contributed by atoms with Crippen molar-refractivity contribution in [2.24, 2.45) is 0 Å². The number of carbonyl (C=O) groups is 1. The van der Waals surface area contributed by atoms with Crippen molar-refractivity contribution in [1.82, 2.24) is 0 Å². The standard InChI is InChI=1S/C8H12Cl2O.C3H4O2/c9-5-1-3-7-11-8-4-2-6-10;1-2-3(4)5/h3-4,7-8H,1-2,5-6H2;2H,1H2,(H,4,5). The lowest BCUT2D eigenvalue weighted by molar-refractivity contribution is -0.131. The molecule has 92 valence electrons. The van der Waals surface area contributed by atoms with Gasteiger partial charge in [0.2, 0.25) is 0 Å². The number of allylic oxidation sites excluding steroid dienone is 2. The molecule has 0 saturated heterocycles. The minimum atomic E-state index is -0.981. The molecule has 1 N–H and O–H groups in total. The first-order chi connectivity index (χ1) is 7.68. The maximum absolute atomic E-state index is 9.25. The summed E-state index contributed by atoms with van der Waals surface area (Å²) in [5.74, 6) is 0.279. The third kappa shape index (κ3) is 23.1. The summed E-state index contributed by atoms with van der Waals surface area (Å²) in [6.07, 6.45) is 9.49. The maximum atomic E-state index is 9.25. The lowest BCUT2D eigenvalue weighted by Gasteiger charge is -1.88. The minimum Gasteiger partial charge on any atom is -0.478 e. The van der Waals surface area contributed by atoms with Crippen LogP contribution in [0.1, 0.15) is 12.8 Å². The summed E-state index contributed by atoms with van der Waals surface area (Å²) >= 11 is 10.8. The average Bonchev–Trinajstić information content (AvgIpc) is 2.29. The molecule has 3 nitrogen and oxygen atoms in total. The Bertz CT molecular complexity index is 211. The molecule has 0 bridgehead atoms. The summed E-state index contributed by atoms with van der Waals surface area (Å²) in [7, 11) is 0. The number of halogens is 2. The second kappa shape index (κ2) is 16.5. The molecule has 5 heteroatoms. The van der Waals surface area contributed by atoms with Gasteiger partial charge in [0.25, 0.3) is 0 Å². The summed E-state index contributed by atoms with van der Waals surface area (Å²) in [6.45, 7) is 2.96. The Labute approximate surface area is 106 Å². The number of aliphatic carboxylic acids is 1. The fourth-order valence-corrected chi connectivity index (χ4v) is 0.671. The normalized spacial score (nSPS) is 9.88. The molecule has 0 aromatic carbocycles. The second-order valence-electron chi connectivity index (χ2n) is 2.38. The van der Waals surface area contributed by atoms with E-state index in [9.17, 15) is 4.79 Å². The molecule has 0 fully saturated rings. The fraction of sp³-hybridized carbons (Fsp3) is 0.364. The molecule has 0 heterocycles. The van der Waals surface area contributed by atoms with E-state index in [1.165, 1.54) is 0 Å². The highest BCUT2D eigenvalue weighted by Crippen LogP contribution is 1.90. The zero-order valence-electron chi connectivity index (χ0n) is 8.94. The van der Waals surface area contributed by atoms with E-state index in [-0.39, 0.29) is 0 Å². The van der Waals surface area contributed by atoms with Gasteiger partial charge in [-0.3, -0.25) is 0 Å². The minimum absolute atomic E-state index is 0.630. The molecular formula is C11H16Cl2O3. The Balaban J connectivity index is 0. The molecule has 0 amide bonds. The predicted octanol–water partition coefficient (Wildman–Crippen LogP) is 3.55. The molecule has 16 heavy (non-hydrogen) atoms. The molecule has 0 atom stereocenters. The third-order valence-corrected chi connectivity index (χ3v) is 1.51.